The fraction of sp³-hybridized carbons (Fsp3) is 0.421. The van der Waals surface area contributed by atoms with Crippen LogP contribution in [0.2, 0.25) is 0 Å². The van der Waals surface area contributed by atoms with Gasteiger partial charge in [0.1, 0.15) is 18.3 Å². The van der Waals surface area contributed by atoms with E-state index >= 15 is 0 Å². The Bertz CT molecular complexity index is 1070. The molecule has 0 bridgehead atoms. The van der Waals surface area contributed by atoms with Crippen LogP contribution in [-0.4, -0.2) is 61.6 Å². The summed E-state index contributed by atoms with van der Waals surface area (Å²) in [4.78, 5) is 30.7. The number of carbonyl (C=O) groups is 1. The second-order valence-corrected chi connectivity index (χ2v) is 6.78. The van der Waals surface area contributed by atoms with Crippen molar-refractivity contribution in [2.75, 3.05) is 20.2 Å². The van der Waals surface area contributed by atoms with Crippen LogP contribution in [-0.2, 0) is 11.8 Å². The molecular formula is C19H21FN6O3. The van der Waals surface area contributed by atoms with Gasteiger partial charge in [-0.2, -0.15) is 4.98 Å². The Hall–Kier alpha value is -3.30. The van der Waals surface area contributed by atoms with Gasteiger partial charge in [-0.3, -0.25) is 4.79 Å². The van der Waals surface area contributed by atoms with E-state index in [9.17, 15) is 9.18 Å². The molecule has 0 aromatic carbocycles. The van der Waals surface area contributed by atoms with E-state index in [0.29, 0.717) is 47.9 Å². The van der Waals surface area contributed by atoms with Crippen molar-refractivity contribution >= 4 is 17.1 Å². The number of aryl methyl sites for hydroxylation is 1. The molecule has 3 aromatic rings. The smallest absolute Gasteiger partial charge is 0.250 e. The molecule has 4 heterocycles. The van der Waals surface area contributed by atoms with Gasteiger partial charge in [0.05, 0.1) is 13.7 Å². The Kier molecular flexibility index (Phi) is 4.99. The fourth-order valence-corrected chi connectivity index (χ4v) is 3.45. The quantitative estimate of drug-likeness (QED) is 0.646. The number of methoxy groups -OCH3 is 1. The van der Waals surface area contributed by atoms with E-state index < -0.39 is 5.82 Å². The minimum Gasteiger partial charge on any atom is -0.479 e. The SMILES string of the molecule is CCC(=O)N1CCC(Oc2ncnc3c2nc(-c2cnc(OC)c(F)c2)n3C)C1. The molecule has 0 radical (unpaired) electrons. The van der Waals surface area contributed by atoms with E-state index in [1.54, 1.807) is 16.5 Å². The first-order valence-corrected chi connectivity index (χ1v) is 9.33. The number of amides is 1. The van der Waals surface area contributed by atoms with Gasteiger partial charge in [-0.25, -0.2) is 19.3 Å². The molecule has 0 spiro atoms. The van der Waals surface area contributed by atoms with Crippen molar-refractivity contribution in [3.05, 3.63) is 24.4 Å². The molecule has 29 heavy (non-hydrogen) atoms. The maximum atomic E-state index is 14.1. The Morgan fingerprint density at radius 1 is 1.31 bits per heavy atom. The summed E-state index contributed by atoms with van der Waals surface area (Å²) in [6, 6.07) is 1.31. The summed E-state index contributed by atoms with van der Waals surface area (Å²) >= 11 is 0. The van der Waals surface area contributed by atoms with Crippen molar-refractivity contribution in [1.29, 1.82) is 0 Å². The van der Waals surface area contributed by atoms with E-state index in [1.807, 2.05) is 6.92 Å². The summed E-state index contributed by atoms with van der Waals surface area (Å²) in [6.45, 7) is 3.03. The molecule has 1 aliphatic heterocycles. The number of halogens is 1. The van der Waals surface area contributed by atoms with Crippen LogP contribution in [0.15, 0.2) is 18.6 Å². The highest BCUT2D eigenvalue weighted by Crippen LogP contribution is 2.29. The third-order valence-electron chi connectivity index (χ3n) is 4.96. The van der Waals surface area contributed by atoms with Crippen LogP contribution in [0.5, 0.6) is 11.8 Å². The Balaban J connectivity index is 1.65. The summed E-state index contributed by atoms with van der Waals surface area (Å²) in [7, 11) is 3.14. The van der Waals surface area contributed by atoms with Gasteiger partial charge in [-0.1, -0.05) is 6.92 Å². The number of likely N-dealkylation sites (tertiary alicyclic amines) is 1. The second-order valence-electron chi connectivity index (χ2n) is 6.78. The minimum absolute atomic E-state index is 0.0799. The van der Waals surface area contributed by atoms with E-state index in [0.717, 1.165) is 6.42 Å². The summed E-state index contributed by atoms with van der Waals surface area (Å²) in [5.41, 5.74) is 1.51. The lowest BCUT2D eigenvalue weighted by Crippen LogP contribution is -2.30. The van der Waals surface area contributed by atoms with Gasteiger partial charge >= 0.3 is 0 Å². The van der Waals surface area contributed by atoms with Crippen molar-refractivity contribution in [1.82, 2.24) is 29.4 Å². The topological polar surface area (TPSA) is 95.3 Å². The number of pyridine rings is 1. The number of hydrogen-bond acceptors (Lipinski definition) is 7. The number of fused-ring (bicyclic) bond motifs is 1. The van der Waals surface area contributed by atoms with Gasteiger partial charge in [0, 0.05) is 38.2 Å². The summed E-state index contributed by atoms with van der Waals surface area (Å²) in [6.07, 6.45) is 3.93. The number of carbonyl (C=O) groups excluding carboxylic acids is 1. The maximum absolute atomic E-state index is 14.1. The highest BCUT2D eigenvalue weighted by atomic mass is 19.1. The average Bonchev–Trinajstić information content (AvgIpc) is 3.33. The highest BCUT2D eigenvalue weighted by Gasteiger charge is 2.28. The fourth-order valence-electron chi connectivity index (χ4n) is 3.45. The number of rotatable bonds is 5. The number of nitrogens with zero attached hydrogens (tertiary/aromatic N) is 6. The number of aromatic nitrogens is 5. The molecule has 1 aliphatic rings. The molecule has 1 unspecified atom stereocenters. The highest BCUT2D eigenvalue weighted by molar-refractivity contribution is 5.81. The lowest BCUT2D eigenvalue weighted by Gasteiger charge is -2.16. The van der Waals surface area contributed by atoms with Crippen molar-refractivity contribution in [2.24, 2.45) is 7.05 Å². The van der Waals surface area contributed by atoms with Crippen molar-refractivity contribution in [2.45, 2.75) is 25.9 Å². The number of ether oxygens (including phenoxy) is 2. The van der Waals surface area contributed by atoms with Gasteiger partial charge in [0.25, 0.3) is 0 Å². The number of hydrogen-bond donors (Lipinski definition) is 0. The zero-order valence-corrected chi connectivity index (χ0v) is 16.4. The zero-order valence-electron chi connectivity index (χ0n) is 16.4. The average molecular weight is 400 g/mol. The molecule has 1 fully saturated rings. The second kappa shape index (κ2) is 7.61. The predicted molar refractivity (Wildman–Crippen MR) is 102 cm³/mol. The Morgan fingerprint density at radius 2 is 2.14 bits per heavy atom. The summed E-state index contributed by atoms with van der Waals surface area (Å²) < 4.78 is 26.7. The lowest BCUT2D eigenvalue weighted by atomic mass is 10.2. The molecule has 1 saturated heterocycles. The Morgan fingerprint density at radius 3 is 2.86 bits per heavy atom. The first-order chi connectivity index (χ1) is 14.0. The van der Waals surface area contributed by atoms with E-state index in [4.69, 9.17) is 9.47 Å². The largest absolute Gasteiger partial charge is 0.479 e. The zero-order chi connectivity index (χ0) is 20.5. The monoisotopic (exact) mass is 400 g/mol. The van der Waals surface area contributed by atoms with Crippen LogP contribution in [0, 0.1) is 5.82 Å². The Labute approximate surface area is 166 Å². The molecule has 1 amide bonds. The van der Waals surface area contributed by atoms with Crippen LogP contribution in [0.25, 0.3) is 22.6 Å². The predicted octanol–water partition coefficient (Wildman–Crippen LogP) is 1.96. The van der Waals surface area contributed by atoms with Crippen LogP contribution < -0.4 is 9.47 Å². The third kappa shape index (κ3) is 3.45. The van der Waals surface area contributed by atoms with Gasteiger partial charge in [0.15, 0.2) is 17.0 Å². The lowest BCUT2D eigenvalue weighted by molar-refractivity contribution is -0.130. The van der Waals surface area contributed by atoms with Crippen LogP contribution >= 0.6 is 0 Å². The molecular weight excluding hydrogens is 379 g/mol. The van der Waals surface area contributed by atoms with E-state index in [-0.39, 0.29) is 17.9 Å². The minimum atomic E-state index is -0.578. The first-order valence-electron chi connectivity index (χ1n) is 9.33. The van der Waals surface area contributed by atoms with Crippen molar-refractivity contribution < 1.29 is 18.7 Å². The van der Waals surface area contributed by atoms with Crippen LogP contribution in [0.1, 0.15) is 19.8 Å². The molecule has 152 valence electrons. The van der Waals surface area contributed by atoms with Crippen molar-refractivity contribution in [3.63, 3.8) is 0 Å². The summed E-state index contributed by atoms with van der Waals surface area (Å²) in [5.74, 6) is 0.274. The van der Waals surface area contributed by atoms with E-state index in [1.165, 1.54) is 25.7 Å². The molecule has 4 rings (SSSR count). The van der Waals surface area contributed by atoms with Gasteiger partial charge < -0.3 is 18.9 Å². The maximum Gasteiger partial charge on any atom is 0.250 e. The molecule has 0 N–H and O–H groups in total. The molecule has 9 nitrogen and oxygen atoms in total. The van der Waals surface area contributed by atoms with Crippen LogP contribution in [0.3, 0.4) is 0 Å². The molecule has 10 heteroatoms. The van der Waals surface area contributed by atoms with Crippen molar-refractivity contribution in [3.8, 4) is 23.1 Å². The van der Waals surface area contributed by atoms with E-state index in [2.05, 4.69) is 19.9 Å². The molecule has 3 aromatic heterocycles. The normalized spacial score (nSPS) is 16.4. The number of imidazole rings is 1. The molecule has 0 aliphatic carbocycles. The standard InChI is InChI=1S/C19H21FN6O3/c1-4-14(27)26-6-5-12(9-26)29-19-15-17(22-10-23-19)25(2)16(24-15)11-7-13(20)18(28-3)21-8-11/h7-8,10,12H,4-6,9H2,1-3H3. The van der Waals surface area contributed by atoms with Gasteiger partial charge in [0.2, 0.25) is 17.7 Å². The van der Waals surface area contributed by atoms with Crippen LogP contribution in [0.4, 0.5) is 4.39 Å². The van der Waals surface area contributed by atoms with Gasteiger partial charge in [-0.15, -0.1) is 0 Å². The van der Waals surface area contributed by atoms with Gasteiger partial charge in [-0.05, 0) is 6.07 Å². The first kappa shape index (κ1) is 19.0. The third-order valence-corrected chi connectivity index (χ3v) is 4.96. The molecule has 0 saturated carbocycles. The summed E-state index contributed by atoms with van der Waals surface area (Å²) in [5, 5.41) is 0. The molecule has 1 atom stereocenters.